The van der Waals surface area contributed by atoms with Gasteiger partial charge in [0, 0.05) is 24.3 Å². The summed E-state index contributed by atoms with van der Waals surface area (Å²) in [6.07, 6.45) is 0.936. The van der Waals surface area contributed by atoms with Gasteiger partial charge in [-0.25, -0.2) is 0 Å². The number of aliphatic hydroxyl groups excluding tert-OH is 1. The van der Waals surface area contributed by atoms with Crippen molar-refractivity contribution in [1.29, 1.82) is 0 Å². The summed E-state index contributed by atoms with van der Waals surface area (Å²) >= 11 is 0. The van der Waals surface area contributed by atoms with Gasteiger partial charge in [-0.05, 0) is 12.5 Å². The molecule has 1 fully saturated rings. The van der Waals surface area contributed by atoms with Gasteiger partial charge in [-0.2, -0.15) is 0 Å². The third-order valence-corrected chi connectivity index (χ3v) is 2.76. The van der Waals surface area contributed by atoms with Gasteiger partial charge >= 0.3 is 0 Å². The maximum Gasteiger partial charge on any atom is 0.239 e. The molecule has 0 aromatic heterocycles. The van der Waals surface area contributed by atoms with E-state index in [9.17, 15) is 9.90 Å². The van der Waals surface area contributed by atoms with E-state index in [-0.39, 0.29) is 12.5 Å². The van der Waals surface area contributed by atoms with Gasteiger partial charge in [0.15, 0.2) is 0 Å². The normalized spacial score (nSPS) is 16.8. The van der Waals surface area contributed by atoms with Crippen LogP contribution in [0.5, 0.6) is 0 Å². The van der Waals surface area contributed by atoms with Gasteiger partial charge in [-0.15, -0.1) is 0 Å². The van der Waals surface area contributed by atoms with E-state index in [0.717, 1.165) is 30.8 Å². The fraction of sp³-hybridized carbons (Fsp3) is 0.417. The number of hydrogen-bond acceptors (Lipinski definition) is 3. The zero-order valence-electron chi connectivity index (χ0n) is 9.15. The number of carbonyl (C=O) groups is 1. The number of rotatable bonds is 2. The van der Waals surface area contributed by atoms with Crippen LogP contribution in [0, 0.1) is 0 Å². The van der Waals surface area contributed by atoms with Crippen LogP contribution in [-0.4, -0.2) is 30.6 Å². The number of hydrogen-bond donors (Lipinski definition) is 2. The summed E-state index contributed by atoms with van der Waals surface area (Å²) in [5, 5.41) is 12.1. The molecule has 0 saturated carbocycles. The highest BCUT2D eigenvalue weighted by Gasteiger charge is 2.16. The molecule has 1 saturated heterocycles. The summed E-state index contributed by atoms with van der Waals surface area (Å²) in [7, 11) is 0. The first kappa shape index (κ1) is 11.0. The van der Waals surface area contributed by atoms with Crippen LogP contribution in [-0.2, 0) is 11.4 Å². The maximum absolute atomic E-state index is 11.5. The molecule has 86 valence electrons. The summed E-state index contributed by atoms with van der Waals surface area (Å²) in [5.41, 5.74) is 1.83. The maximum atomic E-state index is 11.5. The molecule has 0 atom stereocenters. The largest absolute Gasteiger partial charge is 0.392 e. The molecule has 1 amide bonds. The summed E-state index contributed by atoms with van der Waals surface area (Å²) in [4.78, 5) is 13.5. The number of amides is 1. The van der Waals surface area contributed by atoms with Crippen molar-refractivity contribution >= 4 is 11.6 Å². The molecule has 1 heterocycles. The SMILES string of the molecule is O=C1CN(c2ccccc2CO)CCCN1. The molecule has 0 aliphatic carbocycles. The van der Waals surface area contributed by atoms with Crippen molar-refractivity contribution in [2.24, 2.45) is 0 Å². The lowest BCUT2D eigenvalue weighted by Crippen LogP contribution is -2.33. The van der Waals surface area contributed by atoms with Crippen LogP contribution in [0.3, 0.4) is 0 Å². The van der Waals surface area contributed by atoms with Gasteiger partial charge in [0.25, 0.3) is 0 Å². The Morgan fingerprint density at radius 2 is 2.19 bits per heavy atom. The average molecular weight is 220 g/mol. The summed E-state index contributed by atoms with van der Waals surface area (Å²) in [6, 6.07) is 7.66. The molecular formula is C12H16N2O2. The minimum atomic E-state index is 0.00823. The van der Waals surface area contributed by atoms with E-state index in [0.29, 0.717) is 6.54 Å². The number of aliphatic hydroxyl groups is 1. The summed E-state index contributed by atoms with van der Waals surface area (Å²) in [6.45, 7) is 1.96. The molecule has 4 nitrogen and oxygen atoms in total. The molecule has 1 aliphatic heterocycles. The number of para-hydroxylation sites is 1. The van der Waals surface area contributed by atoms with E-state index in [1.807, 2.05) is 29.2 Å². The molecule has 16 heavy (non-hydrogen) atoms. The van der Waals surface area contributed by atoms with Gasteiger partial charge in [0.05, 0.1) is 13.2 Å². The van der Waals surface area contributed by atoms with Crippen molar-refractivity contribution in [3.05, 3.63) is 29.8 Å². The predicted molar refractivity (Wildman–Crippen MR) is 62.2 cm³/mol. The quantitative estimate of drug-likeness (QED) is 0.763. The van der Waals surface area contributed by atoms with Crippen molar-refractivity contribution in [3.8, 4) is 0 Å². The third-order valence-electron chi connectivity index (χ3n) is 2.76. The topological polar surface area (TPSA) is 52.6 Å². The van der Waals surface area contributed by atoms with E-state index in [1.165, 1.54) is 0 Å². The Kier molecular flexibility index (Phi) is 3.41. The third kappa shape index (κ3) is 2.33. The van der Waals surface area contributed by atoms with Gasteiger partial charge in [0.2, 0.25) is 5.91 Å². The average Bonchev–Trinajstić information content (AvgIpc) is 2.54. The number of nitrogens with zero attached hydrogens (tertiary/aromatic N) is 1. The molecule has 0 unspecified atom stereocenters. The van der Waals surface area contributed by atoms with Crippen molar-refractivity contribution in [2.45, 2.75) is 13.0 Å². The van der Waals surface area contributed by atoms with Crippen LogP contribution in [0.1, 0.15) is 12.0 Å². The Labute approximate surface area is 94.9 Å². The fourth-order valence-corrected chi connectivity index (χ4v) is 1.96. The first-order valence-electron chi connectivity index (χ1n) is 5.51. The second kappa shape index (κ2) is 4.99. The van der Waals surface area contributed by atoms with Gasteiger partial charge in [-0.1, -0.05) is 18.2 Å². The molecule has 0 spiro atoms. The van der Waals surface area contributed by atoms with Crippen molar-refractivity contribution in [3.63, 3.8) is 0 Å². The van der Waals surface area contributed by atoms with E-state index >= 15 is 0 Å². The second-order valence-electron chi connectivity index (χ2n) is 3.91. The van der Waals surface area contributed by atoms with Gasteiger partial charge < -0.3 is 15.3 Å². The van der Waals surface area contributed by atoms with Crippen molar-refractivity contribution in [2.75, 3.05) is 24.5 Å². The lowest BCUT2D eigenvalue weighted by molar-refractivity contribution is -0.119. The van der Waals surface area contributed by atoms with E-state index < -0.39 is 0 Å². The van der Waals surface area contributed by atoms with Crippen molar-refractivity contribution < 1.29 is 9.90 Å². The zero-order chi connectivity index (χ0) is 11.4. The molecule has 0 bridgehead atoms. The van der Waals surface area contributed by atoms with E-state index in [4.69, 9.17) is 0 Å². The zero-order valence-corrected chi connectivity index (χ0v) is 9.15. The Bertz CT molecular complexity index is 379. The number of carbonyl (C=O) groups excluding carboxylic acids is 1. The summed E-state index contributed by atoms with van der Waals surface area (Å²) < 4.78 is 0. The van der Waals surface area contributed by atoms with Crippen LogP contribution in [0.2, 0.25) is 0 Å². The Morgan fingerprint density at radius 1 is 1.38 bits per heavy atom. The fourth-order valence-electron chi connectivity index (χ4n) is 1.96. The molecule has 4 heteroatoms. The number of anilines is 1. The molecule has 2 N–H and O–H groups in total. The number of nitrogens with one attached hydrogen (secondary N) is 1. The molecule has 1 aliphatic rings. The van der Waals surface area contributed by atoms with Crippen molar-refractivity contribution in [1.82, 2.24) is 5.32 Å². The predicted octanol–water partition coefficient (Wildman–Crippen LogP) is 0.505. The Morgan fingerprint density at radius 3 is 3.00 bits per heavy atom. The molecule has 1 aromatic carbocycles. The summed E-state index contributed by atoms with van der Waals surface area (Å²) in [5.74, 6) is 0.0465. The van der Waals surface area contributed by atoms with Crippen LogP contribution in [0.25, 0.3) is 0 Å². The Balaban J connectivity index is 2.24. The lowest BCUT2D eigenvalue weighted by atomic mass is 10.1. The van der Waals surface area contributed by atoms with Crippen LogP contribution < -0.4 is 10.2 Å². The highest BCUT2D eigenvalue weighted by atomic mass is 16.3. The highest BCUT2D eigenvalue weighted by molar-refractivity contribution is 5.82. The van der Waals surface area contributed by atoms with Crippen LogP contribution >= 0.6 is 0 Å². The highest BCUT2D eigenvalue weighted by Crippen LogP contribution is 2.20. The molecular weight excluding hydrogens is 204 g/mol. The van der Waals surface area contributed by atoms with Crippen LogP contribution in [0.4, 0.5) is 5.69 Å². The minimum Gasteiger partial charge on any atom is -0.392 e. The van der Waals surface area contributed by atoms with Crippen LogP contribution in [0.15, 0.2) is 24.3 Å². The first-order valence-corrected chi connectivity index (χ1v) is 5.51. The number of benzene rings is 1. The van der Waals surface area contributed by atoms with Gasteiger partial charge in [-0.3, -0.25) is 4.79 Å². The Hall–Kier alpha value is -1.55. The smallest absolute Gasteiger partial charge is 0.239 e. The van der Waals surface area contributed by atoms with E-state index in [1.54, 1.807) is 0 Å². The van der Waals surface area contributed by atoms with Gasteiger partial charge in [0.1, 0.15) is 0 Å². The lowest BCUT2D eigenvalue weighted by Gasteiger charge is -2.23. The molecule has 2 rings (SSSR count). The molecule has 1 aromatic rings. The molecule has 0 radical (unpaired) electrons. The minimum absolute atomic E-state index is 0.00823. The standard InChI is InChI=1S/C12H16N2O2/c15-9-10-4-1-2-5-11(10)14-7-3-6-13-12(16)8-14/h1-2,4-5,15H,3,6-9H2,(H,13,16). The second-order valence-corrected chi connectivity index (χ2v) is 3.91. The van der Waals surface area contributed by atoms with E-state index in [2.05, 4.69) is 5.32 Å². The monoisotopic (exact) mass is 220 g/mol. The first-order chi connectivity index (χ1) is 7.81.